The molecular formula is C19H19F3N2O4S2. The van der Waals surface area contributed by atoms with E-state index in [1.54, 1.807) is 17.2 Å². The highest BCUT2D eigenvalue weighted by Crippen LogP contribution is 2.31. The Hall–Kier alpha value is -2.24. The summed E-state index contributed by atoms with van der Waals surface area (Å²) in [6, 6.07) is 7.85. The van der Waals surface area contributed by atoms with Gasteiger partial charge in [0.05, 0.1) is 29.2 Å². The number of amides is 1. The summed E-state index contributed by atoms with van der Waals surface area (Å²) in [5, 5.41) is 0. The minimum absolute atomic E-state index is 0.0157. The lowest BCUT2D eigenvalue weighted by Crippen LogP contribution is -2.40. The van der Waals surface area contributed by atoms with Gasteiger partial charge in [0.15, 0.2) is 0 Å². The van der Waals surface area contributed by atoms with Gasteiger partial charge in [0, 0.05) is 23.7 Å². The lowest BCUT2D eigenvalue weighted by Gasteiger charge is -2.27. The molecule has 0 aliphatic carbocycles. The number of benzene rings is 2. The number of anilines is 1. The number of carbonyl (C=O) groups is 1. The fraction of sp³-hybridized carbons (Fsp3) is 0.316. The van der Waals surface area contributed by atoms with Crippen LogP contribution in [0.15, 0.2) is 52.3 Å². The van der Waals surface area contributed by atoms with Gasteiger partial charge in [-0.3, -0.25) is 9.52 Å². The summed E-state index contributed by atoms with van der Waals surface area (Å²) in [6.07, 6.45) is -2.74. The van der Waals surface area contributed by atoms with Gasteiger partial charge in [-0.2, -0.15) is 13.2 Å². The molecule has 0 saturated carbocycles. The third-order valence-electron chi connectivity index (χ3n) is 4.47. The molecule has 1 fully saturated rings. The second kappa shape index (κ2) is 8.86. The van der Waals surface area contributed by atoms with E-state index in [2.05, 4.69) is 4.72 Å². The lowest BCUT2D eigenvalue weighted by molar-refractivity contribution is -0.137. The highest BCUT2D eigenvalue weighted by molar-refractivity contribution is 7.98. The van der Waals surface area contributed by atoms with Crippen molar-refractivity contribution in [1.82, 2.24) is 4.90 Å². The zero-order valence-corrected chi connectivity index (χ0v) is 17.5. The Balaban J connectivity index is 1.87. The Morgan fingerprint density at radius 2 is 1.73 bits per heavy atom. The summed E-state index contributed by atoms with van der Waals surface area (Å²) in [7, 11) is -4.11. The summed E-state index contributed by atoms with van der Waals surface area (Å²) >= 11 is 1.31. The van der Waals surface area contributed by atoms with E-state index in [0.717, 1.165) is 24.3 Å². The van der Waals surface area contributed by atoms with E-state index >= 15 is 0 Å². The van der Waals surface area contributed by atoms with Gasteiger partial charge in [-0.15, -0.1) is 11.8 Å². The van der Waals surface area contributed by atoms with E-state index < -0.39 is 21.8 Å². The summed E-state index contributed by atoms with van der Waals surface area (Å²) in [6.45, 7) is 1.64. The first-order chi connectivity index (χ1) is 14.1. The molecule has 0 aromatic heterocycles. The molecule has 1 aliphatic rings. The monoisotopic (exact) mass is 460 g/mol. The Kier molecular flexibility index (Phi) is 6.63. The van der Waals surface area contributed by atoms with Crippen molar-refractivity contribution in [3.63, 3.8) is 0 Å². The van der Waals surface area contributed by atoms with E-state index in [1.807, 2.05) is 0 Å². The molecule has 1 saturated heterocycles. The lowest BCUT2D eigenvalue weighted by atomic mass is 10.2. The van der Waals surface area contributed by atoms with Crippen molar-refractivity contribution in [2.24, 2.45) is 0 Å². The maximum atomic E-state index is 12.9. The van der Waals surface area contributed by atoms with Crippen LogP contribution < -0.4 is 4.72 Å². The Morgan fingerprint density at radius 3 is 2.30 bits per heavy atom. The van der Waals surface area contributed by atoms with Crippen molar-refractivity contribution in [1.29, 1.82) is 0 Å². The molecule has 1 aliphatic heterocycles. The number of nitrogens with one attached hydrogen (secondary N) is 1. The van der Waals surface area contributed by atoms with Crippen molar-refractivity contribution in [3.05, 3.63) is 53.6 Å². The molecule has 0 bridgehead atoms. The Bertz CT molecular complexity index is 1020. The van der Waals surface area contributed by atoms with Gasteiger partial charge in [0.2, 0.25) is 0 Å². The van der Waals surface area contributed by atoms with Gasteiger partial charge < -0.3 is 9.64 Å². The normalized spacial score (nSPS) is 15.1. The first-order valence-electron chi connectivity index (χ1n) is 8.87. The Labute approximate surface area is 176 Å². The zero-order chi connectivity index (χ0) is 21.9. The highest BCUT2D eigenvalue weighted by Gasteiger charge is 2.30. The van der Waals surface area contributed by atoms with Gasteiger partial charge in [-0.05, 0) is 48.7 Å². The number of morpholine rings is 1. The number of thioether (sulfide) groups is 1. The number of sulfonamides is 1. The predicted octanol–water partition coefficient (Wildman–Crippen LogP) is 3.70. The van der Waals surface area contributed by atoms with E-state index in [0.29, 0.717) is 31.2 Å². The van der Waals surface area contributed by atoms with Crippen LogP contribution in [0.4, 0.5) is 18.9 Å². The third kappa shape index (κ3) is 5.08. The van der Waals surface area contributed by atoms with Gasteiger partial charge >= 0.3 is 6.18 Å². The van der Waals surface area contributed by atoms with Crippen molar-refractivity contribution in [2.75, 3.05) is 37.3 Å². The molecule has 1 heterocycles. The molecule has 6 nitrogen and oxygen atoms in total. The fourth-order valence-corrected chi connectivity index (χ4v) is 4.55. The number of carbonyl (C=O) groups excluding carboxylic acids is 1. The van der Waals surface area contributed by atoms with Gasteiger partial charge in [0.25, 0.3) is 15.9 Å². The Morgan fingerprint density at radius 1 is 1.10 bits per heavy atom. The minimum atomic E-state index is -4.51. The SMILES string of the molecule is CSc1ccc(S(=O)(=O)Nc2ccc(C(F)(F)F)cc2)cc1C(=O)N1CCOCC1. The van der Waals surface area contributed by atoms with E-state index in [4.69, 9.17) is 4.74 Å². The number of hydrogen-bond donors (Lipinski definition) is 1. The fourth-order valence-electron chi connectivity index (χ4n) is 2.90. The van der Waals surface area contributed by atoms with E-state index in [1.165, 1.54) is 23.9 Å². The second-order valence-electron chi connectivity index (χ2n) is 6.45. The highest BCUT2D eigenvalue weighted by atomic mass is 32.2. The molecule has 2 aromatic carbocycles. The third-order valence-corrected chi connectivity index (χ3v) is 6.65. The second-order valence-corrected chi connectivity index (χ2v) is 8.98. The van der Waals surface area contributed by atoms with Crippen LogP contribution >= 0.6 is 11.8 Å². The van der Waals surface area contributed by atoms with Crippen LogP contribution in [-0.2, 0) is 20.9 Å². The van der Waals surface area contributed by atoms with Gasteiger partial charge in [-0.25, -0.2) is 8.42 Å². The molecule has 3 rings (SSSR count). The van der Waals surface area contributed by atoms with Crippen molar-refractivity contribution < 1.29 is 31.1 Å². The van der Waals surface area contributed by atoms with E-state index in [9.17, 15) is 26.4 Å². The maximum Gasteiger partial charge on any atom is 0.416 e. The van der Waals surface area contributed by atoms with Crippen LogP contribution in [-0.4, -0.2) is 51.8 Å². The van der Waals surface area contributed by atoms with Crippen molar-refractivity contribution in [3.8, 4) is 0 Å². The summed E-state index contributed by atoms with van der Waals surface area (Å²) in [5.74, 6) is -0.297. The van der Waals surface area contributed by atoms with Crippen LogP contribution in [0.5, 0.6) is 0 Å². The number of nitrogens with zero attached hydrogens (tertiary/aromatic N) is 1. The van der Waals surface area contributed by atoms with Crippen molar-refractivity contribution >= 4 is 33.4 Å². The summed E-state index contributed by atoms with van der Waals surface area (Å²) in [5.41, 5.74) is -0.647. The molecule has 0 spiro atoms. The van der Waals surface area contributed by atoms with Crippen LogP contribution in [0.1, 0.15) is 15.9 Å². The van der Waals surface area contributed by atoms with Gasteiger partial charge in [-0.1, -0.05) is 0 Å². The summed E-state index contributed by atoms with van der Waals surface area (Å²) in [4.78, 5) is 14.9. The van der Waals surface area contributed by atoms with Crippen molar-refractivity contribution in [2.45, 2.75) is 16.0 Å². The topological polar surface area (TPSA) is 75.7 Å². The molecule has 0 radical (unpaired) electrons. The maximum absolute atomic E-state index is 12.9. The number of halogens is 3. The first kappa shape index (κ1) is 22.4. The molecule has 1 amide bonds. The molecule has 162 valence electrons. The smallest absolute Gasteiger partial charge is 0.378 e. The molecule has 1 N–H and O–H groups in total. The minimum Gasteiger partial charge on any atom is -0.378 e. The molecule has 0 atom stereocenters. The molecule has 30 heavy (non-hydrogen) atoms. The quantitative estimate of drug-likeness (QED) is 0.689. The standard InChI is InChI=1S/C19H19F3N2O4S2/c1-29-17-7-6-15(12-16(17)18(25)24-8-10-28-11-9-24)30(26,27)23-14-4-2-13(3-5-14)19(20,21)22/h2-7,12,23H,8-11H2,1H3. The molecule has 0 unspecified atom stereocenters. The average molecular weight is 460 g/mol. The largest absolute Gasteiger partial charge is 0.416 e. The van der Waals surface area contributed by atoms with E-state index in [-0.39, 0.29) is 22.1 Å². The predicted molar refractivity (Wildman–Crippen MR) is 107 cm³/mol. The molecular weight excluding hydrogens is 441 g/mol. The number of hydrogen-bond acceptors (Lipinski definition) is 5. The summed E-state index contributed by atoms with van der Waals surface area (Å²) < 4.78 is 71.0. The van der Waals surface area contributed by atoms with Crippen LogP contribution in [0.25, 0.3) is 0 Å². The molecule has 11 heteroatoms. The molecule has 2 aromatic rings. The zero-order valence-electron chi connectivity index (χ0n) is 15.9. The van der Waals surface area contributed by atoms with Crippen LogP contribution in [0, 0.1) is 0 Å². The van der Waals surface area contributed by atoms with Crippen LogP contribution in [0.3, 0.4) is 0 Å². The average Bonchev–Trinajstić information content (AvgIpc) is 2.73. The first-order valence-corrected chi connectivity index (χ1v) is 11.6. The van der Waals surface area contributed by atoms with Gasteiger partial charge in [0.1, 0.15) is 0 Å². The van der Waals surface area contributed by atoms with Crippen LogP contribution in [0.2, 0.25) is 0 Å². The number of ether oxygens (including phenoxy) is 1. The number of alkyl halides is 3. The number of rotatable bonds is 5.